The summed E-state index contributed by atoms with van der Waals surface area (Å²) in [5.74, 6) is 0. The van der Waals surface area contributed by atoms with Crippen molar-refractivity contribution in [2.45, 2.75) is 27.7 Å². The van der Waals surface area contributed by atoms with E-state index in [1.54, 1.807) is 0 Å². The number of hydrogen-bond donors (Lipinski definition) is 1. The molecule has 0 saturated carbocycles. The summed E-state index contributed by atoms with van der Waals surface area (Å²) in [4.78, 5) is 0. The van der Waals surface area contributed by atoms with Crippen LogP contribution in [0.3, 0.4) is 0 Å². The summed E-state index contributed by atoms with van der Waals surface area (Å²) in [5, 5.41) is 2.93. The molecule has 0 atom stereocenters. The van der Waals surface area contributed by atoms with Crippen LogP contribution in [0.1, 0.15) is 27.7 Å². The van der Waals surface area contributed by atoms with E-state index in [-0.39, 0.29) is 0 Å². The van der Waals surface area contributed by atoms with Crippen LogP contribution in [0.5, 0.6) is 0 Å². The zero-order chi connectivity index (χ0) is 7.70. The molecule has 0 aliphatic carbocycles. The molecule has 0 fully saturated rings. The molecule has 0 aromatic rings. The number of nitrogens with one attached hydrogen (secondary N) is 1. The van der Waals surface area contributed by atoms with E-state index in [9.17, 15) is 0 Å². The van der Waals surface area contributed by atoms with E-state index < -0.39 is 0 Å². The Labute approximate surface area is 59.2 Å². The molecule has 0 aliphatic rings. The Balaban J connectivity index is 0. The van der Waals surface area contributed by atoms with Crippen LogP contribution in [0.4, 0.5) is 0 Å². The van der Waals surface area contributed by atoms with Gasteiger partial charge in [-0.05, 0) is 34.4 Å². The van der Waals surface area contributed by atoms with Gasteiger partial charge in [-0.15, -0.1) is 0 Å². The van der Waals surface area contributed by atoms with E-state index in [4.69, 9.17) is 0 Å². The lowest BCUT2D eigenvalue weighted by molar-refractivity contribution is 0.864. The fraction of sp³-hybridized carbons (Fsp3) is 0.750. The number of rotatable bonds is 1. The van der Waals surface area contributed by atoms with Gasteiger partial charge in [0.1, 0.15) is 0 Å². The van der Waals surface area contributed by atoms with Crippen LogP contribution in [-0.2, 0) is 0 Å². The van der Waals surface area contributed by atoms with Gasteiger partial charge in [-0.1, -0.05) is 18.6 Å². The van der Waals surface area contributed by atoms with Crippen molar-refractivity contribution in [3.8, 4) is 0 Å². The first-order valence-corrected chi connectivity index (χ1v) is 3.43. The number of hydrogen-bond acceptors (Lipinski definition) is 1. The van der Waals surface area contributed by atoms with Gasteiger partial charge in [0.2, 0.25) is 0 Å². The molecule has 1 heteroatoms. The van der Waals surface area contributed by atoms with Crippen molar-refractivity contribution in [1.82, 2.24) is 5.32 Å². The van der Waals surface area contributed by atoms with E-state index in [0.29, 0.717) is 0 Å². The van der Waals surface area contributed by atoms with Crippen LogP contribution in [-0.4, -0.2) is 13.6 Å². The van der Waals surface area contributed by atoms with Crippen molar-refractivity contribution in [3.05, 3.63) is 11.6 Å². The summed E-state index contributed by atoms with van der Waals surface area (Å²) in [5.41, 5.74) is 1.38. The predicted molar refractivity (Wildman–Crippen MR) is 44.7 cm³/mol. The van der Waals surface area contributed by atoms with Crippen molar-refractivity contribution in [2.24, 2.45) is 0 Å². The molecule has 0 heterocycles. The third-order valence-corrected chi connectivity index (χ3v) is 0.931. The Kier molecular flexibility index (Phi) is 13.6. The lowest BCUT2D eigenvalue weighted by Crippen LogP contribution is -2.01. The van der Waals surface area contributed by atoms with Gasteiger partial charge in [-0.3, -0.25) is 0 Å². The minimum atomic E-state index is 1.07. The smallest absolute Gasteiger partial charge is 0.00804 e. The topological polar surface area (TPSA) is 12.0 Å². The van der Waals surface area contributed by atoms with Gasteiger partial charge in [0.25, 0.3) is 0 Å². The molecule has 0 bridgehead atoms. The highest BCUT2D eigenvalue weighted by Gasteiger charge is 1.60. The van der Waals surface area contributed by atoms with Crippen molar-refractivity contribution >= 4 is 0 Å². The standard InChI is InChI=1S/C5H10.C3H9N/c1-4-5(2)3;1-3-4-2/h4H,1-3H3;4H,3H2,1-2H3. The van der Waals surface area contributed by atoms with Crippen LogP contribution in [0.15, 0.2) is 11.6 Å². The molecule has 0 radical (unpaired) electrons. The van der Waals surface area contributed by atoms with Gasteiger partial charge in [0.15, 0.2) is 0 Å². The second-order valence-corrected chi connectivity index (χ2v) is 2.07. The first-order chi connectivity index (χ1) is 4.18. The van der Waals surface area contributed by atoms with Gasteiger partial charge >= 0.3 is 0 Å². The molecule has 1 nitrogen and oxygen atoms in total. The van der Waals surface area contributed by atoms with Crippen LogP contribution >= 0.6 is 0 Å². The van der Waals surface area contributed by atoms with Gasteiger partial charge in [0, 0.05) is 0 Å². The molecule has 0 saturated heterocycles. The summed E-state index contributed by atoms with van der Waals surface area (Å²) in [6, 6.07) is 0. The van der Waals surface area contributed by atoms with E-state index in [1.807, 2.05) is 14.0 Å². The molecule has 0 aliphatic heterocycles. The first kappa shape index (κ1) is 11.5. The van der Waals surface area contributed by atoms with Gasteiger partial charge < -0.3 is 5.32 Å². The monoisotopic (exact) mass is 129 g/mol. The summed E-state index contributed by atoms with van der Waals surface area (Å²) in [6.45, 7) is 9.34. The highest BCUT2D eigenvalue weighted by atomic mass is 14.8. The highest BCUT2D eigenvalue weighted by molar-refractivity contribution is 4.88. The van der Waals surface area contributed by atoms with E-state index in [1.165, 1.54) is 5.57 Å². The summed E-state index contributed by atoms with van der Waals surface area (Å²) in [7, 11) is 1.93. The van der Waals surface area contributed by atoms with Crippen molar-refractivity contribution < 1.29 is 0 Å². The maximum atomic E-state index is 2.93. The van der Waals surface area contributed by atoms with Crippen LogP contribution in [0, 0.1) is 0 Å². The number of allylic oxidation sites excluding steroid dienone is 2. The predicted octanol–water partition coefficient (Wildman–Crippen LogP) is 2.20. The Morgan fingerprint density at radius 2 is 1.67 bits per heavy atom. The Hall–Kier alpha value is -0.300. The third-order valence-electron chi connectivity index (χ3n) is 0.931. The molecular weight excluding hydrogens is 110 g/mol. The largest absolute Gasteiger partial charge is 0.320 e. The first-order valence-electron chi connectivity index (χ1n) is 3.43. The quantitative estimate of drug-likeness (QED) is 0.535. The fourth-order valence-corrected chi connectivity index (χ4v) is 0. The molecule has 0 amide bonds. The maximum absolute atomic E-state index is 2.93. The zero-order valence-electron chi connectivity index (χ0n) is 7.28. The summed E-state index contributed by atoms with van der Waals surface area (Å²) < 4.78 is 0. The molecule has 0 rings (SSSR count). The van der Waals surface area contributed by atoms with Crippen LogP contribution < -0.4 is 5.32 Å². The average Bonchev–Trinajstić information content (AvgIpc) is 1.89. The average molecular weight is 129 g/mol. The second-order valence-electron chi connectivity index (χ2n) is 2.07. The Morgan fingerprint density at radius 3 is 1.67 bits per heavy atom. The van der Waals surface area contributed by atoms with Crippen molar-refractivity contribution in [2.75, 3.05) is 13.6 Å². The zero-order valence-corrected chi connectivity index (χ0v) is 7.28. The molecule has 1 N–H and O–H groups in total. The second kappa shape index (κ2) is 10.6. The molecule has 0 spiro atoms. The lowest BCUT2D eigenvalue weighted by Gasteiger charge is -1.76. The lowest BCUT2D eigenvalue weighted by atomic mass is 10.3. The van der Waals surface area contributed by atoms with Crippen molar-refractivity contribution in [1.29, 1.82) is 0 Å². The van der Waals surface area contributed by atoms with E-state index >= 15 is 0 Å². The summed E-state index contributed by atoms with van der Waals surface area (Å²) in [6.07, 6.45) is 2.08. The Bertz CT molecular complexity index is 59.0. The SMILES string of the molecule is CC=C(C)C.CCNC. The van der Waals surface area contributed by atoms with Crippen LogP contribution in [0.25, 0.3) is 0 Å². The van der Waals surface area contributed by atoms with Gasteiger partial charge in [-0.25, -0.2) is 0 Å². The molecule has 0 aromatic heterocycles. The van der Waals surface area contributed by atoms with E-state index in [2.05, 4.69) is 32.2 Å². The normalized spacial score (nSPS) is 7.22. The van der Waals surface area contributed by atoms with Crippen LogP contribution in [0.2, 0.25) is 0 Å². The maximum Gasteiger partial charge on any atom is -0.00804 e. The molecule has 0 aromatic carbocycles. The Morgan fingerprint density at radius 1 is 1.44 bits per heavy atom. The minimum absolute atomic E-state index is 1.07. The fourth-order valence-electron chi connectivity index (χ4n) is 0. The highest BCUT2D eigenvalue weighted by Crippen LogP contribution is 1.82. The molecular formula is C8H19N. The molecule has 0 unspecified atom stereocenters. The molecule has 9 heavy (non-hydrogen) atoms. The van der Waals surface area contributed by atoms with Gasteiger partial charge in [-0.2, -0.15) is 0 Å². The van der Waals surface area contributed by atoms with Crippen molar-refractivity contribution in [3.63, 3.8) is 0 Å². The third kappa shape index (κ3) is 34.3. The van der Waals surface area contributed by atoms with E-state index in [0.717, 1.165) is 6.54 Å². The van der Waals surface area contributed by atoms with Gasteiger partial charge in [0.05, 0.1) is 0 Å². The minimum Gasteiger partial charge on any atom is -0.320 e. The summed E-state index contributed by atoms with van der Waals surface area (Å²) >= 11 is 0. The molecule has 56 valence electrons.